The molecule has 0 saturated carbocycles. The molecule has 0 bridgehead atoms. The van der Waals surface area contributed by atoms with Gasteiger partial charge in [-0.15, -0.1) is 0 Å². The summed E-state index contributed by atoms with van der Waals surface area (Å²) in [6, 6.07) is 8.25. The number of Topliss-reactive ketones (excluding diaryl/α,β-unsaturated/α-hetero) is 1. The minimum Gasteiger partial charge on any atom is -0.508 e. The van der Waals surface area contributed by atoms with E-state index in [0.29, 0.717) is 17.1 Å². The number of rotatable bonds is 3. The third-order valence-electron chi connectivity index (χ3n) is 4.84. The predicted octanol–water partition coefficient (Wildman–Crippen LogP) is 3.96. The van der Waals surface area contributed by atoms with Crippen LogP contribution in [-0.2, 0) is 0 Å². The number of fused-ring (bicyclic) bond motifs is 2. The number of aromatic nitrogens is 3. The molecule has 2 aromatic heterocycles. The summed E-state index contributed by atoms with van der Waals surface area (Å²) in [5.74, 6) is 1.03. The highest BCUT2D eigenvalue weighted by atomic mass is 16.5. The van der Waals surface area contributed by atoms with Gasteiger partial charge in [0.05, 0.1) is 18.2 Å². The number of ether oxygens (including phenoxy) is 2. The largest absolute Gasteiger partial charge is 0.508 e. The Morgan fingerprint density at radius 3 is 2.76 bits per heavy atom. The molecule has 0 atom stereocenters. The van der Waals surface area contributed by atoms with Crippen molar-refractivity contribution in [3.63, 3.8) is 0 Å². The maximum atomic E-state index is 12.7. The molecule has 1 aliphatic heterocycles. The van der Waals surface area contributed by atoms with Crippen LogP contribution < -0.4 is 9.47 Å². The number of allylic oxidation sites excluding steroid dienone is 1. The van der Waals surface area contributed by atoms with E-state index >= 15 is 0 Å². The number of aromatic amines is 1. The van der Waals surface area contributed by atoms with Crippen LogP contribution in [-0.4, -0.2) is 33.0 Å². The SMILES string of the molecule is COc1cc(-c2cncnc2)c2[nH]cc(/C=C3\Oc4cc(O)ccc4C3=O)c2c1. The van der Waals surface area contributed by atoms with Gasteiger partial charge in [-0.05, 0) is 30.3 Å². The summed E-state index contributed by atoms with van der Waals surface area (Å²) in [5, 5.41) is 10.5. The molecule has 7 heteroatoms. The number of aromatic hydroxyl groups is 1. The standard InChI is InChI=1S/C22H15N3O4/c1-28-15-6-17-12(4-20-22(27)16-3-2-14(26)5-19(16)29-20)10-25-21(17)18(7-15)13-8-23-11-24-9-13/h2-11,25-26H,1H3/b20-4-. The highest BCUT2D eigenvalue weighted by Gasteiger charge is 2.28. The maximum absolute atomic E-state index is 12.7. The summed E-state index contributed by atoms with van der Waals surface area (Å²) in [7, 11) is 1.60. The lowest BCUT2D eigenvalue weighted by atomic mass is 10.0. The smallest absolute Gasteiger partial charge is 0.231 e. The van der Waals surface area contributed by atoms with E-state index in [-0.39, 0.29) is 17.3 Å². The van der Waals surface area contributed by atoms with Crippen molar-refractivity contribution >= 4 is 22.8 Å². The lowest BCUT2D eigenvalue weighted by molar-refractivity contribution is 0.101. The number of hydrogen-bond donors (Lipinski definition) is 2. The van der Waals surface area contributed by atoms with E-state index < -0.39 is 0 Å². The summed E-state index contributed by atoms with van der Waals surface area (Å²) < 4.78 is 11.1. The van der Waals surface area contributed by atoms with Crippen molar-refractivity contribution in [2.24, 2.45) is 0 Å². The Morgan fingerprint density at radius 2 is 1.97 bits per heavy atom. The molecule has 0 amide bonds. The Balaban J connectivity index is 1.64. The first-order chi connectivity index (χ1) is 14.1. The van der Waals surface area contributed by atoms with Gasteiger partial charge in [0.1, 0.15) is 23.6 Å². The second-order valence-corrected chi connectivity index (χ2v) is 6.59. The Morgan fingerprint density at radius 1 is 1.14 bits per heavy atom. The van der Waals surface area contributed by atoms with E-state index in [9.17, 15) is 9.90 Å². The first-order valence-electron chi connectivity index (χ1n) is 8.86. The summed E-state index contributed by atoms with van der Waals surface area (Å²) in [5.41, 5.74) is 3.80. The molecule has 0 saturated heterocycles. The molecule has 2 aromatic carbocycles. The number of ketones is 1. The van der Waals surface area contributed by atoms with Crippen LogP contribution in [0.5, 0.6) is 17.2 Å². The van der Waals surface area contributed by atoms with Crippen molar-refractivity contribution in [1.82, 2.24) is 15.0 Å². The number of carbonyl (C=O) groups is 1. The number of nitrogens with one attached hydrogen (secondary N) is 1. The zero-order valence-corrected chi connectivity index (χ0v) is 15.3. The van der Waals surface area contributed by atoms with Gasteiger partial charge >= 0.3 is 0 Å². The van der Waals surface area contributed by atoms with Gasteiger partial charge in [0.25, 0.3) is 0 Å². The predicted molar refractivity (Wildman–Crippen MR) is 107 cm³/mol. The second-order valence-electron chi connectivity index (χ2n) is 6.59. The fraction of sp³-hybridized carbons (Fsp3) is 0.0455. The highest BCUT2D eigenvalue weighted by molar-refractivity contribution is 6.15. The molecule has 0 radical (unpaired) electrons. The number of nitrogens with zero attached hydrogens (tertiary/aromatic N) is 2. The molecule has 0 unspecified atom stereocenters. The number of phenolic OH excluding ortho intramolecular Hbond substituents is 1. The fourth-order valence-electron chi connectivity index (χ4n) is 3.45. The Hall–Kier alpha value is -4.13. The second kappa shape index (κ2) is 6.49. The molecule has 5 rings (SSSR count). The van der Waals surface area contributed by atoms with Gasteiger partial charge in [-0.2, -0.15) is 0 Å². The normalized spacial score (nSPS) is 14.2. The van der Waals surface area contributed by atoms with Crippen molar-refractivity contribution in [3.05, 3.63) is 72.1 Å². The van der Waals surface area contributed by atoms with Crippen molar-refractivity contribution in [3.8, 4) is 28.4 Å². The molecule has 29 heavy (non-hydrogen) atoms. The number of methoxy groups -OCH3 is 1. The molecule has 0 fully saturated rings. The number of phenols is 1. The van der Waals surface area contributed by atoms with Gasteiger partial charge in [0, 0.05) is 46.7 Å². The van der Waals surface area contributed by atoms with Gasteiger partial charge in [0.15, 0.2) is 5.76 Å². The number of hydrogen-bond acceptors (Lipinski definition) is 6. The Labute approximate surface area is 165 Å². The molecular weight excluding hydrogens is 370 g/mol. The number of benzene rings is 2. The molecule has 1 aliphatic rings. The van der Waals surface area contributed by atoms with Crippen LogP contribution in [0.4, 0.5) is 0 Å². The number of H-pyrrole nitrogens is 1. The van der Waals surface area contributed by atoms with Crippen LogP contribution in [0, 0.1) is 0 Å². The summed E-state index contributed by atoms with van der Waals surface area (Å²) in [4.78, 5) is 24.1. The average molecular weight is 385 g/mol. The van der Waals surface area contributed by atoms with Gasteiger partial charge in [-0.25, -0.2) is 9.97 Å². The first kappa shape index (κ1) is 17.0. The van der Waals surface area contributed by atoms with Gasteiger partial charge in [-0.3, -0.25) is 4.79 Å². The molecule has 7 nitrogen and oxygen atoms in total. The van der Waals surface area contributed by atoms with Crippen molar-refractivity contribution in [2.75, 3.05) is 7.11 Å². The molecule has 2 N–H and O–H groups in total. The maximum Gasteiger partial charge on any atom is 0.231 e. The molecule has 4 aromatic rings. The summed E-state index contributed by atoms with van der Waals surface area (Å²) in [6.07, 6.45) is 8.42. The van der Waals surface area contributed by atoms with E-state index in [2.05, 4.69) is 15.0 Å². The van der Waals surface area contributed by atoms with E-state index in [4.69, 9.17) is 9.47 Å². The molecule has 3 heterocycles. The van der Waals surface area contributed by atoms with Crippen molar-refractivity contribution < 1.29 is 19.4 Å². The van der Waals surface area contributed by atoms with Crippen LogP contribution in [0.1, 0.15) is 15.9 Å². The summed E-state index contributed by atoms with van der Waals surface area (Å²) in [6.45, 7) is 0. The van der Waals surface area contributed by atoms with E-state index in [1.807, 2.05) is 18.3 Å². The molecule has 142 valence electrons. The molecular formula is C22H15N3O4. The zero-order chi connectivity index (χ0) is 20.0. The molecule has 0 aliphatic carbocycles. The minimum atomic E-state index is -0.228. The fourth-order valence-corrected chi connectivity index (χ4v) is 3.45. The lowest BCUT2D eigenvalue weighted by Crippen LogP contribution is -1.97. The minimum absolute atomic E-state index is 0.0457. The van der Waals surface area contributed by atoms with E-state index in [1.165, 1.54) is 18.5 Å². The summed E-state index contributed by atoms with van der Waals surface area (Å²) >= 11 is 0. The van der Waals surface area contributed by atoms with Crippen molar-refractivity contribution in [1.29, 1.82) is 0 Å². The zero-order valence-electron chi connectivity index (χ0n) is 15.3. The van der Waals surface area contributed by atoms with Crippen LogP contribution in [0.2, 0.25) is 0 Å². The monoisotopic (exact) mass is 385 g/mol. The van der Waals surface area contributed by atoms with Crippen LogP contribution >= 0.6 is 0 Å². The van der Waals surface area contributed by atoms with E-state index in [0.717, 1.165) is 27.6 Å². The lowest BCUT2D eigenvalue weighted by Gasteiger charge is -2.07. The third kappa shape index (κ3) is 2.80. The van der Waals surface area contributed by atoms with E-state index in [1.54, 1.807) is 31.6 Å². The average Bonchev–Trinajstić information content (AvgIpc) is 3.29. The van der Waals surface area contributed by atoms with Crippen LogP contribution in [0.3, 0.4) is 0 Å². The van der Waals surface area contributed by atoms with Gasteiger partial charge < -0.3 is 19.6 Å². The Bertz CT molecular complexity index is 1290. The number of carbonyl (C=O) groups excluding carboxylic acids is 1. The quantitative estimate of drug-likeness (QED) is 0.518. The van der Waals surface area contributed by atoms with Gasteiger partial charge in [0.2, 0.25) is 5.78 Å². The third-order valence-corrected chi connectivity index (χ3v) is 4.84. The van der Waals surface area contributed by atoms with Crippen LogP contribution in [0.15, 0.2) is 61.0 Å². The highest BCUT2D eigenvalue weighted by Crippen LogP contribution is 2.37. The Kier molecular flexibility index (Phi) is 3.80. The van der Waals surface area contributed by atoms with Crippen LogP contribution in [0.25, 0.3) is 28.1 Å². The molecule has 0 spiro atoms. The first-order valence-corrected chi connectivity index (χ1v) is 8.86. The van der Waals surface area contributed by atoms with Gasteiger partial charge in [-0.1, -0.05) is 0 Å². The van der Waals surface area contributed by atoms with Crippen molar-refractivity contribution in [2.45, 2.75) is 0 Å². The topological polar surface area (TPSA) is 97.3 Å².